The monoisotopic (exact) mass is 280 g/mol. The van der Waals surface area contributed by atoms with Gasteiger partial charge in [0.05, 0.1) is 0 Å². The average molecular weight is 280 g/mol. The van der Waals surface area contributed by atoms with Gasteiger partial charge in [0, 0.05) is 12.6 Å². The predicted molar refractivity (Wildman–Crippen MR) is 71.9 cm³/mol. The van der Waals surface area contributed by atoms with Crippen LogP contribution in [-0.2, 0) is 22.3 Å². The summed E-state index contributed by atoms with van der Waals surface area (Å²) in [5.41, 5.74) is 2.48. The molecule has 5 nitrogen and oxygen atoms in total. The number of nitrogens with zero attached hydrogens (tertiary/aromatic N) is 1. The number of hydrogen-bond acceptors (Lipinski definition) is 4. The van der Waals surface area contributed by atoms with Gasteiger partial charge in [-0.15, -0.1) is 0 Å². The average Bonchev–Trinajstić information content (AvgIpc) is 2.73. The molecular formula is C13H16N2O3S. The quantitative estimate of drug-likeness (QED) is 0.908. The molecule has 0 spiro atoms. The molecule has 0 saturated carbocycles. The first-order chi connectivity index (χ1) is 8.94. The van der Waals surface area contributed by atoms with Crippen molar-refractivity contribution in [3.05, 3.63) is 52.9 Å². The number of hydrogen-bond donors (Lipinski definition) is 1. The Kier molecular flexibility index (Phi) is 4.01. The maximum Gasteiger partial charge on any atom is 0.217 e. The van der Waals surface area contributed by atoms with E-state index < -0.39 is 10.0 Å². The van der Waals surface area contributed by atoms with Crippen LogP contribution in [0.25, 0.3) is 0 Å². The van der Waals surface area contributed by atoms with E-state index in [0.29, 0.717) is 11.5 Å². The van der Waals surface area contributed by atoms with Gasteiger partial charge in [-0.3, -0.25) is 0 Å². The highest BCUT2D eigenvalue weighted by Gasteiger charge is 2.14. The third kappa shape index (κ3) is 4.18. The molecule has 19 heavy (non-hydrogen) atoms. The fraction of sp³-hybridized carbons (Fsp3) is 0.308. The van der Waals surface area contributed by atoms with Gasteiger partial charge in [-0.05, 0) is 19.4 Å². The highest BCUT2D eigenvalue weighted by Crippen LogP contribution is 2.07. The number of rotatable bonds is 5. The fourth-order valence-corrected chi connectivity index (χ4v) is 2.64. The van der Waals surface area contributed by atoms with Crippen LogP contribution in [-0.4, -0.2) is 13.6 Å². The molecule has 0 fully saturated rings. The van der Waals surface area contributed by atoms with Gasteiger partial charge in [-0.1, -0.05) is 35.0 Å². The number of benzene rings is 1. The van der Waals surface area contributed by atoms with Crippen molar-refractivity contribution in [2.24, 2.45) is 0 Å². The van der Waals surface area contributed by atoms with E-state index in [9.17, 15) is 8.42 Å². The van der Waals surface area contributed by atoms with Crippen molar-refractivity contribution in [3.63, 3.8) is 0 Å². The van der Waals surface area contributed by atoms with Gasteiger partial charge in [0.15, 0.2) is 0 Å². The third-order valence-electron chi connectivity index (χ3n) is 2.63. The van der Waals surface area contributed by atoms with E-state index in [1.165, 1.54) is 0 Å². The Balaban J connectivity index is 1.96. The molecular weight excluding hydrogens is 264 g/mol. The lowest BCUT2D eigenvalue weighted by Crippen LogP contribution is -2.24. The zero-order valence-electron chi connectivity index (χ0n) is 10.9. The molecule has 1 aromatic heterocycles. The molecule has 102 valence electrons. The summed E-state index contributed by atoms with van der Waals surface area (Å²) in [4.78, 5) is 0. The van der Waals surface area contributed by atoms with E-state index in [1.54, 1.807) is 13.0 Å². The van der Waals surface area contributed by atoms with Crippen LogP contribution < -0.4 is 4.72 Å². The molecule has 0 bridgehead atoms. The van der Waals surface area contributed by atoms with Gasteiger partial charge in [-0.2, -0.15) is 0 Å². The SMILES string of the molecule is Cc1ccc(CNS(=O)(=O)Cc2cc(C)on2)cc1. The Morgan fingerprint density at radius 3 is 2.47 bits per heavy atom. The van der Waals surface area contributed by atoms with E-state index in [2.05, 4.69) is 9.88 Å². The molecule has 0 amide bonds. The summed E-state index contributed by atoms with van der Waals surface area (Å²) in [7, 11) is -3.40. The summed E-state index contributed by atoms with van der Waals surface area (Å²) in [5, 5.41) is 3.67. The van der Waals surface area contributed by atoms with Gasteiger partial charge in [0.1, 0.15) is 17.2 Å². The van der Waals surface area contributed by atoms with Gasteiger partial charge in [-0.25, -0.2) is 13.1 Å². The normalized spacial score (nSPS) is 11.7. The summed E-state index contributed by atoms with van der Waals surface area (Å²) in [5.74, 6) is 0.430. The van der Waals surface area contributed by atoms with Crippen LogP contribution in [0.5, 0.6) is 0 Å². The van der Waals surface area contributed by atoms with Crippen LogP contribution in [0.15, 0.2) is 34.9 Å². The number of sulfonamides is 1. The minimum Gasteiger partial charge on any atom is -0.361 e. The highest BCUT2D eigenvalue weighted by atomic mass is 32.2. The summed E-state index contributed by atoms with van der Waals surface area (Å²) in [6.45, 7) is 3.99. The van der Waals surface area contributed by atoms with E-state index in [-0.39, 0.29) is 12.3 Å². The van der Waals surface area contributed by atoms with E-state index in [1.807, 2.05) is 31.2 Å². The van der Waals surface area contributed by atoms with Crippen LogP contribution in [0, 0.1) is 13.8 Å². The predicted octanol–water partition coefficient (Wildman–Crippen LogP) is 1.91. The zero-order valence-corrected chi connectivity index (χ0v) is 11.7. The van der Waals surface area contributed by atoms with Crippen molar-refractivity contribution in [2.75, 3.05) is 0 Å². The van der Waals surface area contributed by atoms with Crippen LogP contribution in [0.1, 0.15) is 22.6 Å². The summed E-state index contributed by atoms with van der Waals surface area (Å²) in [6, 6.07) is 9.32. The Labute approximate surface area is 112 Å². The molecule has 0 radical (unpaired) electrons. The van der Waals surface area contributed by atoms with Gasteiger partial charge in [0.2, 0.25) is 10.0 Å². The van der Waals surface area contributed by atoms with Gasteiger partial charge >= 0.3 is 0 Å². The lowest BCUT2D eigenvalue weighted by atomic mass is 10.2. The minimum absolute atomic E-state index is 0.170. The molecule has 2 rings (SSSR count). The third-order valence-corrected chi connectivity index (χ3v) is 3.89. The molecule has 0 unspecified atom stereocenters. The molecule has 0 aliphatic carbocycles. The van der Waals surface area contributed by atoms with Gasteiger partial charge < -0.3 is 4.52 Å². The fourth-order valence-electron chi connectivity index (χ4n) is 1.63. The van der Waals surface area contributed by atoms with Crippen LogP contribution in [0.4, 0.5) is 0 Å². The van der Waals surface area contributed by atoms with Crippen molar-refractivity contribution < 1.29 is 12.9 Å². The molecule has 0 atom stereocenters. The largest absolute Gasteiger partial charge is 0.361 e. The second-order valence-corrected chi connectivity index (χ2v) is 6.30. The van der Waals surface area contributed by atoms with Crippen LogP contribution in [0.2, 0.25) is 0 Å². The Hall–Kier alpha value is -1.66. The summed E-state index contributed by atoms with van der Waals surface area (Å²) in [6.07, 6.45) is 0. The van der Waals surface area contributed by atoms with Crippen LogP contribution >= 0.6 is 0 Å². The maximum absolute atomic E-state index is 11.9. The Morgan fingerprint density at radius 2 is 1.89 bits per heavy atom. The van der Waals surface area contributed by atoms with Crippen molar-refractivity contribution in [2.45, 2.75) is 26.1 Å². The van der Waals surface area contributed by atoms with Crippen molar-refractivity contribution in [1.29, 1.82) is 0 Å². The van der Waals surface area contributed by atoms with E-state index in [4.69, 9.17) is 4.52 Å². The smallest absolute Gasteiger partial charge is 0.217 e. The summed E-state index contributed by atoms with van der Waals surface area (Å²) >= 11 is 0. The zero-order chi connectivity index (χ0) is 13.9. The molecule has 0 aliphatic heterocycles. The minimum atomic E-state index is -3.40. The molecule has 1 N–H and O–H groups in total. The second-order valence-electron chi connectivity index (χ2n) is 4.49. The van der Waals surface area contributed by atoms with Crippen molar-refractivity contribution >= 4 is 10.0 Å². The topological polar surface area (TPSA) is 72.2 Å². The molecule has 1 heterocycles. The molecule has 6 heteroatoms. The Bertz CT molecular complexity index is 645. The molecule has 0 saturated heterocycles. The van der Waals surface area contributed by atoms with E-state index >= 15 is 0 Å². The maximum atomic E-state index is 11.9. The van der Waals surface area contributed by atoms with Crippen LogP contribution in [0.3, 0.4) is 0 Å². The number of aryl methyl sites for hydroxylation is 2. The first-order valence-corrected chi connectivity index (χ1v) is 7.55. The molecule has 1 aromatic carbocycles. The highest BCUT2D eigenvalue weighted by molar-refractivity contribution is 7.88. The molecule has 2 aromatic rings. The summed E-state index contributed by atoms with van der Waals surface area (Å²) < 4.78 is 31.1. The standard InChI is InChI=1S/C13H16N2O3S/c1-10-3-5-12(6-4-10)8-14-19(16,17)9-13-7-11(2)18-15-13/h3-7,14H,8-9H2,1-2H3. The van der Waals surface area contributed by atoms with Gasteiger partial charge in [0.25, 0.3) is 0 Å². The molecule has 0 aliphatic rings. The number of nitrogens with one attached hydrogen (secondary N) is 1. The second kappa shape index (κ2) is 5.54. The first kappa shape index (κ1) is 13.8. The first-order valence-electron chi connectivity index (χ1n) is 5.90. The lowest BCUT2D eigenvalue weighted by Gasteiger charge is -2.05. The van der Waals surface area contributed by atoms with Crippen molar-refractivity contribution in [3.8, 4) is 0 Å². The Morgan fingerprint density at radius 1 is 1.21 bits per heavy atom. The number of aromatic nitrogens is 1. The lowest BCUT2D eigenvalue weighted by molar-refractivity contribution is 0.392. The van der Waals surface area contributed by atoms with Crippen molar-refractivity contribution in [1.82, 2.24) is 9.88 Å². The van der Waals surface area contributed by atoms with E-state index in [0.717, 1.165) is 11.1 Å².